The Hall–Kier alpha value is -4.34. The number of amides is 3. The molecule has 0 bridgehead atoms. The molecule has 1 aromatic carbocycles. The van der Waals surface area contributed by atoms with Gasteiger partial charge in [0.1, 0.15) is 0 Å². The molecule has 0 spiro atoms. The summed E-state index contributed by atoms with van der Waals surface area (Å²) in [5, 5.41) is 11.1. The van der Waals surface area contributed by atoms with Crippen molar-refractivity contribution in [2.45, 2.75) is 51.8 Å². The third kappa shape index (κ3) is 7.37. The molecule has 2 aliphatic rings. The SMILES string of the molecule is CCc1cc(CNC(=O)c2ncc(-c3c(C(F)(F)F)n[nH]c3CC(F)F)[nH]2)ccc1C(=O)N1CCN(C(=O)C2CCNCC2)CC1. The molecule has 4 heterocycles. The van der Waals surface area contributed by atoms with E-state index in [9.17, 15) is 36.3 Å². The van der Waals surface area contributed by atoms with Crippen LogP contribution in [-0.4, -0.2) is 93.4 Å². The first-order chi connectivity index (χ1) is 22.0. The maximum absolute atomic E-state index is 13.5. The van der Waals surface area contributed by atoms with Gasteiger partial charge >= 0.3 is 6.18 Å². The average Bonchev–Trinajstić information content (AvgIpc) is 3.70. The minimum absolute atomic E-state index is 0.0301. The second-order valence-electron chi connectivity index (χ2n) is 11.3. The van der Waals surface area contributed by atoms with Crippen LogP contribution in [0.15, 0.2) is 24.4 Å². The van der Waals surface area contributed by atoms with Gasteiger partial charge in [-0.25, -0.2) is 13.8 Å². The van der Waals surface area contributed by atoms with Crippen LogP contribution in [0.25, 0.3) is 11.3 Å². The third-order valence-electron chi connectivity index (χ3n) is 8.33. The zero-order chi connectivity index (χ0) is 33.0. The number of rotatable bonds is 9. The lowest BCUT2D eigenvalue weighted by Gasteiger charge is -2.37. The van der Waals surface area contributed by atoms with E-state index in [0.717, 1.165) is 37.7 Å². The van der Waals surface area contributed by atoms with Gasteiger partial charge in [0.25, 0.3) is 11.8 Å². The monoisotopic (exact) mass is 650 g/mol. The number of halogens is 5. The summed E-state index contributed by atoms with van der Waals surface area (Å²) < 4.78 is 66.4. The van der Waals surface area contributed by atoms with Crippen LogP contribution in [-0.2, 0) is 30.4 Å². The molecule has 2 aliphatic heterocycles. The minimum atomic E-state index is -4.93. The molecule has 2 saturated heterocycles. The van der Waals surface area contributed by atoms with E-state index in [4.69, 9.17) is 0 Å². The highest BCUT2D eigenvalue weighted by Gasteiger charge is 2.39. The van der Waals surface area contributed by atoms with Crippen molar-refractivity contribution in [2.75, 3.05) is 39.3 Å². The van der Waals surface area contributed by atoms with E-state index in [0.29, 0.717) is 43.7 Å². The second-order valence-corrected chi connectivity index (χ2v) is 11.3. The largest absolute Gasteiger partial charge is 0.435 e. The summed E-state index contributed by atoms with van der Waals surface area (Å²) in [5.41, 5.74) is -0.751. The number of H-pyrrole nitrogens is 2. The number of aromatic nitrogens is 4. The Morgan fingerprint density at radius 2 is 1.76 bits per heavy atom. The van der Waals surface area contributed by atoms with Crippen LogP contribution >= 0.6 is 0 Å². The molecule has 46 heavy (non-hydrogen) atoms. The zero-order valence-electron chi connectivity index (χ0n) is 25.1. The molecule has 0 aliphatic carbocycles. The van der Waals surface area contributed by atoms with E-state index in [-0.39, 0.29) is 35.8 Å². The van der Waals surface area contributed by atoms with E-state index in [1.54, 1.807) is 23.1 Å². The van der Waals surface area contributed by atoms with E-state index in [2.05, 4.69) is 25.7 Å². The van der Waals surface area contributed by atoms with E-state index >= 15 is 0 Å². The summed E-state index contributed by atoms with van der Waals surface area (Å²) >= 11 is 0. The number of aromatic amines is 2. The average molecular weight is 651 g/mol. The predicted octanol–water partition coefficient (Wildman–Crippen LogP) is 3.40. The van der Waals surface area contributed by atoms with Crippen LogP contribution in [0.1, 0.15) is 63.3 Å². The van der Waals surface area contributed by atoms with Gasteiger partial charge in [-0.3, -0.25) is 19.5 Å². The number of piperazine rings is 1. The minimum Gasteiger partial charge on any atom is -0.345 e. The summed E-state index contributed by atoms with van der Waals surface area (Å²) in [7, 11) is 0. The molecular weight excluding hydrogens is 615 g/mol. The maximum atomic E-state index is 13.5. The molecular formula is C30H35F5N8O3. The van der Waals surface area contributed by atoms with E-state index < -0.39 is 41.9 Å². The Morgan fingerprint density at radius 1 is 1.07 bits per heavy atom. The molecule has 3 amide bonds. The van der Waals surface area contributed by atoms with Crippen LogP contribution < -0.4 is 10.6 Å². The van der Waals surface area contributed by atoms with Crippen molar-refractivity contribution in [3.63, 3.8) is 0 Å². The van der Waals surface area contributed by atoms with Gasteiger partial charge in [0, 0.05) is 44.2 Å². The first-order valence-corrected chi connectivity index (χ1v) is 15.1. The van der Waals surface area contributed by atoms with E-state index in [1.165, 1.54) is 0 Å². The molecule has 5 rings (SSSR count). The Bertz CT molecular complexity index is 1560. The summed E-state index contributed by atoms with van der Waals surface area (Å²) in [5.74, 6) is -0.985. The Morgan fingerprint density at radius 3 is 2.41 bits per heavy atom. The number of hydrogen-bond donors (Lipinski definition) is 4. The summed E-state index contributed by atoms with van der Waals surface area (Å²) in [6.45, 7) is 5.46. The predicted molar refractivity (Wildman–Crippen MR) is 156 cm³/mol. The van der Waals surface area contributed by atoms with Crippen molar-refractivity contribution in [3.05, 3.63) is 58.3 Å². The molecule has 11 nitrogen and oxygen atoms in total. The zero-order valence-corrected chi connectivity index (χ0v) is 25.1. The number of piperidine rings is 1. The van der Waals surface area contributed by atoms with Crippen molar-refractivity contribution < 1.29 is 36.3 Å². The number of benzene rings is 1. The number of nitrogens with zero attached hydrogens (tertiary/aromatic N) is 4. The summed E-state index contributed by atoms with van der Waals surface area (Å²) in [6, 6.07) is 5.20. The van der Waals surface area contributed by atoms with Gasteiger partial charge in [-0.05, 0) is 49.5 Å². The fraction of sp³-hybridized carbons (Fsp3) is 0.500. The van der Waals surface area contributed by atoms with Crippen molar-refractivity contribution in [2.24, 2.45) is 5.92 Å². The van der Waals surface area contributed by atoms with Gasteiger partial charge in [0.15, 0.2) is 11.5 Å². The van der Waals surface area contributed by atoms with Gasteiger partial charge in [-0.1, -0.05) is 19.1 Å². The molecule has 0 unspecified atom stereocenters. The van der Waals surface area contributed by atoms with Crippen molar-refractivity contribution >= 4 is 17.7 Å². The lowest BCUT2D eigenvalue weighted by molar-refractivity contribution is -0.140. The molecule has 2 aromatic heterocycles. The van der Waals surface area contributed by atoms with Crippen LogP contribution in [0.3, 0.4) is 0 Å². The number of imidazole rings is 1. The number of hydrogen-bond acceptors (Lipinski definition) is 6. The normalized spacial score (nSPS) is 16.2. The highest BCUT2D eigenvalue weighted by atomic mass is 19.4. The molecule has 3 aromatic rings. The smallest absolute Gasteiger partial charge is 0.345 e. The molecule has 4 N–H and O–H groups in total. The van der Waals surface area contributed by atoms with Crippen LogP contribution in [0.5, 0.6) is 0 Å². The number of carbonyl (C=O) groups is 3. The van der Waals surface area contributed by atoms with Gasteiger partial charge in [0.2, 0.25) is 12.3 Å². The van der Waals surface area contributed by atoms with E-state index in [1.807, 2.05) is 16.9 Å². The van der Waals surface area contributed by atoms with Gasteiger partial charge in [-0.15, -0.1) is 0 Å². The highest BCUT2D eigenvalue weighted by Crippen LogP contribution is 2.37. The first-order valence-electron chi connectivity index (χ1n) is 15.1. The molecule has 2 fully saturated rings. The number of carbonyl (C=O) groups excluding carboxylic acids is 3. The Labute approximate surface area is 261 Å². The van der Waals surface area contributed by atoms with Crippen molar-refractivity contribution in [1.29, 1.82) is 0 Å². The van der Waals surface area contributed by atoms with Gasteiger partial charge in [0.05, 0.1) is 29.6 Å². The first kappa shape index (κ1) is 33.0. The van der Waals surface area contributed by atoms with Gasteiger partial charge < -0.3 is 25.4 Å². The fourth-order valence-electron chi connectivity index (χ4n) is 5.89. The quantitative estimate of drug-likeness (QED) is 0.262. The standard InChI is InChI=1S/C30H35F5N8O3/c1-2-18-13-17(3-4-20(18)29(46)43-11-9-42(10-12-43)28(45)19-5-7-36-8-6-19)15-38-27(44)26-37-16-22(39-26)24-21(14-23(31)32)40-41-25(24)30(33,34)35/h3-4,13,16,19,23,36H,2,5-12,14-15H2,1H3,(H,37,39)(H,38,44)(H,40,41). The molecule has 0 atom stereocenters. The molecule has 0 saturated carbocycles. The lowest BCUT2D eigenvalue weighted by Crippen LogP contribution is -2.52. The van der Waals surface area contributed by atoms with Gasteiger partial charge in [-0.2, -0.15) is 18.3 Å². The molecule has 16 heteroatoms. The fourth-order valence-corrected chi connectivity index (χ4v) is 5.89. The Balaban J connectivity index is 1.20. The molecule has 248 valence electrons. The third-order valence-corrected chi connectivity index (χ3v) is 8.33. The number of nitrogens with one attached hydrogen (secondary N) is 4. The topological polar surface area (TPSA) is 139 Å². The highest BCUT2D eigenvalue weighted by molar-refractivity contribution is 5.96. The lowest BCUT2D eigenvalue weighted by atomic mass is 9.96. The van der Waals surface area contributed by atoms with Crippen LogP contribution in [0.4, 0.5) is 22.0 Å². The second kappa shape index (κ2) is 14.0. The van der Waals surface area contributed by atoms with Crippen molar-refractivity contribution in [1.82, 2.24) is 40.6 Å². The van der Waals surface area contributed by atoms with Crippen molar-refractivity contribution in [3.8, 4) is 11.3 Å². The number of aryl methyl sites for hydroxylation is 1. The molecule has 0 radical (unpaired) electrons. The summed E-state index contributed by atoms with van der Waals surface area (Å²) in [6.07, 6.45) is -5.69. The number of alkyl halides is 5. The van der Waals surface area contributed by atoms with Crippen LogP contribution in [0, 0.1) is 5.92 Å². The Kier molecular flexibility index (Phi) is 10.0. The maximum Gasteiger partial charge on any atom is 0.435 e. The summed E-state index contributed by atoms with van der Waals surface area (Å²) in [4.78, 5) is 49.0. The van der Waals surface area contributed by atoms with Crippen LogP contribution in [0.2, 0.25) is 0 Å².